The third-order valence-electron chi connectivity index (χ3n) is 5.03. The van der Waals surface area contributed by atoms with Crippen LogP contribution in [0.5, 0.6) is 0 Å². The largest absolute Gasteiger partial charge is 0.359 e. The monoisotopic (exact) mass is 675 g/mol. The van der Waals surface area contributed by atoms with Crippen molar-refractivity contribution in [1.29, 1.82) is 5.26 Å². The Balaban J connectivity index is -0.000000291. The van der Waals surface area contributed by atoms with Crippen LogP contribution in [-0.4, -0.2) is 80.0 Å². The Morgan fingerprint density at radius 3 is 1.45 bits per heavy atom. The summed E-state index contributed by atoms with van der Waals surface area (Å²) in [6.07, 6.45) is 5.82. The van der Waals surface area contributed by atoms with Crippen molar-refractivity contribution >= 4 is 31.9 Å². The van der Waals surface area contributed by atoms with Gasteiger partial charge in [-0.1, -0.05) is 46.9 Å². The highest BCUT2D eigenvalue weighted by Crippen LogP contribution is 2.23. The van der Waals surface area contributed by atoms with E-state index in [0.717, 1.165) is 9.81 Å². The van der Waals surface area contributed by atoms with E-state index >= 15 is 0 Å². The van der Waals surface area contributed by atoms with Crippen LogP contribution in [0.2, 0.25) is 0 Å². The Hall–Kier alpha value is -0.650. The zero-order valence-corrected chi connectivity index (χ0v) is 25.5. The van der Waals surface area contributed by atoms with Gasteiger partial charge in [-0.3, -0.25) is 0 Å². The second kappa shape index (κ2) is 30.9. The Morgan fingerprint density at radius 2 is 1.11 bits per heavy atom. The molecule has 0 fully saturated rings. The molecule has 0 aliphatic carbocycles. The van der Waals surface area contributed by atoms with Gasteiger partial charge in [-0.15, -0.1) is 13.2 Å². The van der Waals surface area contributed by atoms with Crippen molar-refractivity contribution in [3.63, 3.8) is 0 Å². The molecule has 0 N–H and O–H groups in total. The smallest absolute Gasteiger partial charge is 0.147 e. The normalized spacial score (nSPS) is 14.9. The van der Waals surface area contributed by atoms with Crippen molar-refractivity contribution in [2.24, 2.45) is 11.8 Å². The highest BCUT2D eigenvalue weighted by molar-refractivity contribution is 9.28. The summed E-state index contributed by atoms with van der Waals surface area (Å²) in [5.74, 6) is 0.121. The van der Waals surface area contributed by atoms with Crippen LogP contribution in [-0.2, 0) is 37.9 Å². The average Bonchev–Trinajstić information content (AvgIpc) is 2.87. The van der Waals surface area contributed by atoms with E-state index in [1.165, 1.54) is 0 Å². The molecule has 0 amide bonds. The molecule has 0 aromatic rings. The summed E-state index contributed by atoms with van der Waals surface area (Å²) >= 11 is 6.67. The van der Waals surface area contributed by atoms with E-state index in [-0.39, 0.29) is 84.7 Å². The Bertz CT molecular complexity index is 614. The van der Waals surface area contributed by atoms with Crippen molar-refractivity contribution < 1.29 is 37.9 Å². The highest BCUT2D eigenvalue weighted by atomic mass is 79.9. The maximum absolute atomic E-state index is 8.75. The molecule has 9 nitrogen and oxygen atoms in total. The van der Waals surface area contributed by atoms with E-state index in [0.29, 0.717) is 0 Å². The average molecular weight is 678 g/mol. The van der Waals surface area contributed by atoms with E-state index in [1.54, 1.807) is 40.6 Å². The lowest BCUT2D eigenvalue weighted by Crippen LogP contribution is -2.33. The van der Waals surface area contributed by atoms with Crippen LogP contribution >= 0.6 is 31.9 Å². The Morgan fingerprint density at radius 1 is 0.737 bits per heavy atom. The van der Waals surface area contributed by atoms with Gasteiger partial charge in [0.15, 0.2) is 0 Å². The Labute approximate surface area is 248 Å². The van der Waals surface area contributed by atoms with Crippen LogP contribution in [0.3, 0.4) is 0 Å². The predicted octanol–water partition coefficient (Wildman–Crippen LogP) is 6.78. The molecule has 11 heteroatoms. The molecule has 226 valence electrons. The first kappa shape index (κ1) is 44.4. The first-order chi connectivity index (χ1) is 17.3. The van der Waals surface area contributed by atoms with Crippen LogP contribution in [0.15, 0.2) is 34.8 Å². The lowest BCUT2D eigenvalue weighted by atomic mass is 9.95. The second-order valence-corrected chi connectivity index (χ2v) is 10.4. The van der Waals surface area contributed by atoms with Gasteiger partial charge in [-0.2, -0.15) is 5.26 Å². The molecule has 0 saturated heterocycles. The molecule has 0 rings (SSSR count). The highest BCUT2D eigenvalue weighted by Gasteiger charge is 2.26. The molecule has 0 unspecified atom stereocenters. The molecule has 0 aromatic heterocycles. The van der Waals surface area contributed by atoms with Gasteiger partial charge >= 0.3 is 0 Å². The molecule has 0 aromatic carbocycles. The number of hydrogen-bond acceptors (Lipinski definition) is 9. The molecule has 6 atom stereocenters. The van der Waals surface area contributed by atoms with E-state index in [1.807, 2.05) is 13.0 Å². The van der Waals surface area contributed by atoms with Gasteiger partial charge in [0.05, 0.1) is 40.3 Å². The van der Waals surface area contributed by atoms with Crippen molar-refractivity contribution in [3.8, 4) is 6.07 Å². The van der Waals surface area contributed by atoms with Crippen molar-refractivity contribution in [2.45, 2.75) is 66.0 Å². The van der Waals surface area contributed by atoms with Crippen LogP contribution < -0.4 is 0 Å². The summed E-state index contributed by atoms with van der Waals surface area (Å²) in [5, 5.41) is 8.75. The topological polar surface area (TPSA) is 97.6 Å². The molecule has 0 radical (unpaired) electrons. The molecular weight excluding hydrogens is 626 g/mol. The third kappa shape index (κ3) is 22.2. The lowest BCUT2D eigenvalue weighted by molar-refractivity contribution is -0.127. The molecule has 0 spiro atoms. The van der Waals surface area contributed by atoms with Gasteiger partial charge in [-0.25, -0.2) is 0 Å². The van der Waals surface area contributed by atoms with Gasteiger partial charge in [0, 0.05) is 40.3 Å². The van der Waals surface area contributed by atoms with Gasteiger partial charge in [0.1, 0.15) is 27.2 Å². The Kier molecular flexibility index (Phi) is 36.1. The van der Waals surface area contributed by atoms with E-state index < -0.39 is 0 Å². The van der Waals surface area contributed by atoms with Crippen LogP contribution in [0.4, 0.5) is 0 Å². The molecule has 0 heterocycles. The summed E-state index contributed by atoms with van der Waals surface area (Å²) in [5.41, 5.74) is 0. The van der Waals surface area contributed by atoms with E-state index in [9.17, 15) is 0 Å². The number of hydrogen-bond donors (Lipinski definition) is 0. The second-order valence-electron chi connectivity index (χ2n) is 7.58. The first-order valence-corrected chi connectivity index (χ1v) is 12.9. The molecule has 0 aliphatic heterocycles. The summed E-state index contributed by atoms with van der Waals surface area (Å²) in [4.78, 5) is 0. The van der Waals surface area contributed by atoms with Crippen LogP contribution in [0.25, 0.3) is 0 Å². The third-order valence-corrected chi connectivity index (χ3v) is 5.67. The standard InChI is InChI=1S/C13H22Br2O4.C12H21NO4.2CH4/c1-5-11(18-8-16-3)10(2)12(19-9-17-4)6-7-13(14)15;1-5-11(16-8-14-3)10(2)12(6-7-13)17-9-15-4;;/h5,7,10-12H,1,6,8-9H2,2-4H3;5,10-12H,1,6,8-9H2,2-4H3;2*1H4/t2*10-,11+,12+;;/m00../s1. The van der Waals surface area contributed by atoms with E-state index in [2.05, 4.69) is 58.0 Å². The minimum Gasteiger partial charge on any atom is -0.359 e. The minimum atomic E-state index is -0.250. The first-order valence-electron chi connectivity index (χ1n) is 11.3. The summed E-state index contributed by atoms with van der Waals surface area (Å²) < 4.78 is 42.6. The number of methoxy groups -OCH3 is 4. The maximum Gasteiger partial charge on any atom is 0.147 e. The number of nitriles is 1. The fourth-order valence-electron chi connectivity index (χ4n) is 3.02. The van der Waals surface area contributed by atoms with Gasteiger partial charge in [0.25, 0.3) is 0 Å². The zero-order valence-electron chi connectivity index (χ0n) is 22.3. The maximum atomic E-state index is 8.75. The molecule has 0 bridgehead atoms. The fraction of sp³-hybridized carbons (Fsp3) is 0.741. The summed E-state index contributed by atoms with van der Waals surface area (Å²) in [7, 11) is 6.29. The molecule has 0 aliphatic rings. The van der Waals surface area contributed by atoms with Crippen molar-refractivity contribution in [1.82, 2.24) is 0 Å². The fourth-order valence-corrected chi connectivity index (χ4v) is 3.40. The SMILES string of the molecule is C.C.C=C[C@@H](OCOC)[C@H](C)[C@@H](CC#N)OCOC.C=C[C@@H](OCOC)[C@H](C)[C@@H](CC=C(Br)Br)OCOC. The number of rotatable bonds is 21. The van der Waals surface area contributed by atoms with E-state index in [4.69, 9.17) is 43.2 Å². The van der Waals surface area contributed by atoms with Crippen molar-refractivity contribution in [2.75, 3.05) is 55.6 Å². The lowest BCUT2D eigenvalue weighted by Gasteiger charge is -2.28. The molecule has 0 saturated carbocycles. The van der Waals surface area contributed by atoms with Gasteiger partial charge < -0.3 is 37.9 Å². The molecule has 38 heavy (non-hydrogen) atoms. The summed E-state index contributed by atoms with van der Waals surface area (Å²) in [6.45, 7) is 12.3. The zero-order chi connectivity index (χ0) is 27.8. The minimum absolute atomic E-state index is 0. The number of ether oxygens (including phenoxy) is 8. The van der Waals surface area contributed by atoms with Crippen LogP contribution in [0, 0.1) is 23.2 Å². The number of halogens is 2. The predicted molar refractivity (Wildman–Crippen MR) is 160 cm³/mol. The van der Waals surface area contributed by atoms with Gasteiger partial charge in [-0.05, 0) is 38.3 Å². The number of nitrogens with zero attached hydrogens (tertiary/aromatic N) is 1. The van der Waals surface area contributed by atoms with Gasteiger partial charge in [0.2, 0.25) is 0 Å². The van der Waals surface area contributed by atoms with Crippen LogP contribution in [0.1, 0.15) is 41.5 Å². The quantitative estimate of drug-likeness (QED) is 0.0962. The summed E-state index contributed by atoms with van der Waals surface area (Å²) in [6, 6.07) is 2.09. The molecular formula is C27H51Br2NO8. The van der Waals surface area contributed by atoms with Crippen molar-refractivity contribution in [3.05, 3.63) is 34.8 Å².